The zero-order valence-electron chi connectivity index (χ0n) is 16.4. The molecule has 0 fully saturated rings. The van der Waals surface area contributed by atoms with Crippen LogP contribution in [0.25, 0.3) is 16.9 Å². The van der Waals surface area contributed by atoms with E-state index in [-0.39, 0.29) is 11.2 Å². The van der Waals surface area contributed by atoms with Crippen LogP contribution in [0.15, 0.2) is 71.5 Å². The number of carbonyl (C=O) groups is 1. The van der Waals surface area contributed by atoms with Gasteiger partial charge in [-0.25, -0.2) is 4.98 Å². The van der Waals surface area contributed by atoms with Crippen LogP contribution in [0, 0.1) is 0 Å². The van der Waals surface area contributed by atoms with E-state index >= 15 is 0 Å². The van der Waals surface area contributed by atoms with E-state index in [0.29, 0.717) is 10.3 Å². The van der Waals surface area contributed by atoms with Crippen LogP contribution in [-0.2, 0) is 4.79 Å². The van der Waals surface area contributed by atoms with Crippen LogP contribution in [0.4, 0.5) is 5.13 Å². The minimum absolute atomic E-state index is 0.144. The first-order valence-electron chi connectivity index (χ1n) is 9.17. The van der Waals surface area contributed by atoms with Crippen LogP contribution in [-0.4, -0.2) is 38.0 Å². The van der Waals surface area contributed by atoms with Gasteiger partial charge in [-0.2, -0.15) is 0 Å². The highest BCUT2D eigenvalue weighted by molar-refractivity contribution is 8.00. The second-order valence-corrected chi connectivity index (χ2v) is 8.50. The first-order chi connectivity index (χ1) is 14.6. The Balaban J connectivity index is 1.44. The van der Waals surface area contributed by atoms with Gasteiger partial charge in [0.25, 0.3) is 0 Å². The van der Waals surface area contributed by atoms with Crippen molar-refractivity contribution in [2.75, 3.05) is 12.4 Å². The quantitative estimate of drug-likeness (QED) is 0.428. The predicted molar refractivity (Wildman–Crippen MR) is 119 cm³/mol. The summed E-state index contributed by atoms with van der Waals surface area (Å²) in [4.78, 5) is 17.2. The van der Waals surface area contributed by atoms with Crippen molar-refractivity contribution in [2.45, 2.75) is 17.3 Å². The number of thioether (sulfide) groups is 1. The average Bonchev–Trinajstić information content (AvgIpc) is 3.44. The molecule has 0 bridgehead atoms. The number of benzene rings is 2. The van der Waals surface area contributed by atoms with Crippen molar-refractivity contribution in [1.29, 1.82) is 0 Å². The minimum Gasteiger partial charge on any atom is -0.497 e. The Morgan fingerprint density at radius 3 is 2.83 bits per heavy atom. The number of nitrogens with zero attached hydrogens (tertiary/aromatic N) is 4. The highest BCUT2D eigenvalue weighted by atomic mass is 32.2. The Bertz CT molecular complexity index is 1140. The number of aromatic nitrogens is 4. The first kappa shape index (κ1) is 20.1. The van der Waals surface area contributed by atoms with E-state index in [1.165, 1.54) is 23.1 Å². The van der Waals surface area contributed by atoms with Crippen molar-refractivity contribution in [1.82, 2.24) is 19.7 Å². The number of rotatable bonds is 7. The molecule has 4 rings (SSSR count). The summed E-state index contributed by atoms with van der Waals surface area (Å²) in [5.41, 5.74) is 2.72. The fourth-order valence-electron chi connectivity index (χ4n) is 2.73. The normalized spacial score (nSPS) is 11.8. The van der Waals surface area contributed by atoms with Gasteiger partial charge in [-0.3, -0.25) is 9.36 Å². The second kappa shape index (κ2) is 9.10. The van der Waals surface area contributed by atoms with Gasteiger partial charge in [0, 0.05) is 17.0 Å². The van der Waals surface area contributed by atoms with Crippen LogP contribution in [0.3, 0.4) is 0 Å². The standard InChI is InChI=1S/C21H19N5O2S2/c1-14(19(27)24-20-23-18(12-29-20)15-7-4-3-5-8-15)30-21-25-22-13-26(21)16-9-6-10-17(11-16)28-2/h3-14H,1-2H3,(H,23,24,27). The van der Waals surface area contributed by atoms with Crippen LogP contribution < -0.4 is 10.1 Å². The molecule has 0 aliphatic rings. The van der Waals surface area contributed by atoms with Crippen LogP contribution in [0.2, 0.25) is 0 Å². The van der Waals surface area contributed by atoms with Gasteiger partial charge in [-0.1, -0.05) is 48.2 Å². The fourth-order valence-corrected chi connectivity index (χ4v) is 4.30. The maximum Gasteiger partial charge on any atom is 0.239 e. The lowest BCUT2D eigenvalue weighted by Crippen LogP contribution is -2.22. The summed E-state index contributed by atoms with van der Waals surface area (Å²) >= 11 is 2.73. The molecule has 1 atom stereocenters. The van der Waals surface area contributed by atoms with E-state index in [2.05, 4.69) is 20.5 Å². The molecule has 0 saturated heterocycles. The molecule has 2 aromatic carbocycles. The SMILES string of the molecule is COc1cccc(-n2cnnc2SC(C)C(=O)Nc2nc(-c3ccccc3)cs2)c1. The number of methoxy groups -OCH3 is 1. The zero-order chi connectivity index (χ0) is 20.9. The maximum absolute atomic E-state index is 12.7. The van der Waals surface area contributed by atoms with Gasteiger partial charge in [0.2, 0.25) is 5.91 Å². The molecule has 0 radical (unpaired) electrons. The van der Waals surface area contributed by atoms with Crippen molar-refractivity contribution in [2.24, 2.45) is 0 Å². The molecule has 1 amide bonds. The summed E-state index contributed by atoms with van der Waals surface area (Å²) in [6.45, 7) is 1.83. The largest absolute Gasteiger partial charge is 0.497 e. The number of ether oxygens (including phenoxy) is 1. The van der Waals surface area contributed by atoms with Gasteiger partial charge >= 0.3 is 0 Å². The molecule has 30 heavy (non-hydrogen) atoms. The van der Waals surface area contributed by atoms with Gasteiger partial charge in [-0.05, 0) is 19.1 Å². The summed E-state index contributed by atoms with van der Waals surface area (Å²) in [6.07, 6.45) is 1.62. The highest BCUT2D eigenvalue weighted by Gasteiger charge is 2.20. The smallest absolute Gasteiger partial charge is 0.239 e. The third kappa shape index (κ3) is 4.52. The van der Waals surface area contributed by atoms with E-state index in [9.17, 15) is 4.79 Å². The molecule has 4 aromatic rings. The fraction of sp³-hybridized carbons (Fsp3) is 0.143. The first-order valence-corrected chi connectivity index (χ1v) is 10.9. The van der Waals surface area contributed by atoms with E-state index in [4.69, 9.17) is 4.74 Å². The predicted octanol–water partition coefficient (Wildman–Crippen LogP) is 4.52. The Morgan fingerprint density at radius 2 is 2.03 bits per heavy atom. The summed E-state index contributed by atoms with van der Waals surface area (Å²) in [5.74, 6) is 0.593. The molecule has 2 aromatic heterocycles. The van der Waals surface area contributed by atoms with Gasteiger partial charge in [-0.15, -0.1) is 21.5 Å². The Labute approximate surface area is 182 Å². The number of thiazole rings is 1. The van der Waals surface area contributed by atoms with Gasteiger partial charge in [0.15, 0.2) is 10.3 Å². The Hall–Kier alpha value is -3.17. The van der Waals surface area contributed by atoms with Crippen molar-refractivity contribution in [3.63, 3.8) is 0 Å². The molecule has 0 aliphatic heterocycles. The highest BCUT2D eigenvalue weighted by Crippen LogP contribution is 2.28. The van der Waals surface area contributed by atoms with E-state index < -0.39 is 0 Å². The van der Waals surface area contributed by atoms with Crippen molar-refractivity contribution in [3.8, 4) is 22.7 Å². The third-order valence-corrected chi connectivity index (χ3v) is 6.12. The molecule has 9 heteroatoms. The molecule has 0 aliphatic carbocycles. The molecule has 0 saturated carbocycles. The van der Waals surface area contributed by atoms with Crippen LogP contribution in [0.1, 0.15) is 6.92 Å². The van der Waals surface area contributed by atoms with E-state index in [1.807, 2.05) is 71.5 Å². The summed E-state index contributed by atoms with van der Waals surface area (Å²) in [6, 6.07) is 17.4. The molecular formula is C21H19N5O2S2. The van der Waals surface area contributed by atoms with E-state index in [0.717, 1.165) is 22.7 Å². The second-order valence-electron chi connectivity index (χ2n) is 6.34. The molecule has 1 unspecified atom stereocenters. The van der Waals surface area contributed by atoms with E-state index in [1.54, 1.807) is 13.4 Å². The van der Waals surface area contributed by atoms with Crippen LogP contribution >= 0.6 is 23.1 Å². The molecule has 152 valence electrons. The van der Waals surface area contributed by atoms with Crippen molar-refractivity contribution >= 4 is 34.1 Å². The summed E-state index contributed by atoms with van der Waals surface area (Å²) < 4.78 is 7.11. The van der Waals surface area contributed by atoms with Crippen molar-refractivity contribution < 1.29 is 9.53 Å². The lowest BCUT2D eigenvalue weighted by molar-refractivity contribution is -0.115. The third-order valence-electron chi connectivity index (χ3n) is 4.30. The number of carbonyl (C=O) groups excluding carboxylic acids is 1. The van der Waals surface area contributed by atoms with Gasteiger partial charge in [0.1, 0.15) is 12.1 Å². The van der Waals surface area contributed by atoms with Gasteiger partial charge in [0.05, 0.1) is 23.7 Å². The lowest BCUT2D eigenvalue weighted by Gasteiger charge is -2.12. The number of nitrogens with one attached hydrogen (secondary N) is 1. The molecule has 1 N–H and O–H groups in total. The Kier molecular flexibility index (Phi) is 6.10. The Morgan fingerprint density at radius 1 is 1.20 bits per heavy atom. The number of anilines is 1. The zero-order valence-corrected chi connectivity index (χ0v) is 18.0. The molecular weight excluding hydrogens is 418 g/mol. The lowest BCUT2D eigenvalue weighted by atomic mass is 10.2. The molecule has 2 heterocycles. The number of hydrogen-bond acceptors (Lipinski definition) is 7. The minimum atomic E-state index is -0.386. The molecule has 0 spiro atoms. The van der Waals surface area contributed by atoms with Gasteiger partial charge < -0.3 is 10.1 Å². The topological polar surface area (TPSA) is 81.9 Å². The van der Waals surface area contributed by atoms with Crippen LogP contribution in [0.5, 0.6) is 5.75 Å². The average molecular weight is 438 g/mol. The van der Waals surface area contributed by atoms with Crippen molar-refractivity contribution in [3.05, 3.63) is 66.3 Å². The number of hydrogen-bond donors (Lipinski definition) is 1. The monoisotopic (exact) mass is 437 g/mol. The summed E-state index contributed by atoms with van der Waals surface area (Å²) in [5, 5.41) is 13.8. The number of amides is 1. The maximum atomic E-state index is 12.7. The summed E-state index contributed by atoms with van der Waals surface area (Å²) in [7, 11) is 1.62. The molecule has 7 nitrogen and oxygen atoms in total.